The van der Waals surface area contributed by atoms with Crippen LogP contribution < -0.4 is 0 Å². The number of rotatable bonds is 4. The fourth-order valence-corrected chi connectivity index (χ4v) is 3.06. The highest BCUT2D eigenvalue weighted by atomic mass is 19.1. The van der Waals surface area contributed by atoms with Crippen LogP contribution in [0.1, 0.15) is 6.92 Å². The zero-order valence-corrected chi connectivity index (χ0v) is 13.8. The molecule has 25 heavy (non-hydrogen) atoms. The highest BCUT2D eigenvalue weighted by Gasteiger charge is 2.18. The SMILES string of the molecule is C=C(C)Cn1cnc(-c2ccc(F)cc2)c1-c1ccnc2[nH]ccc12. The first-order valence-electron chi connectivity index (χ1n) is 8.01. The Morgan fingerprint density at radius 1 is 1.16 bits per heavy atom. The fraction of sp³-hybridized carbons (Fsp3) is 0.100. The molecule has 0 saturated carbocycles. The molecule has 0 aliphatic heterocycles. The second-order valence-corrected chi connectivity index (χ2v) is 6.13. The maximum Gasteiger partial charge on any atom is 0.137 e. The molecular weight excluding hydrogens is 315 g/mol. The lowest BCUT2D eigenvalue weighted by Gasteiger charge is -2.11. The molecule has 124 valence electrons. The van der Waals surface area contributed by atoms with E-state index in [2.05, 4.69) is 26.1 Å². The summed E-state index contributed by atoms with van der Waals surface area (Å²) in [5.74, 6) is -0.261. The van der Waals surface area contributed by atoms with Crippen LogP contribution in [0.3, 0.4) is 0 Å². The molecule has 0 amide bonds. The standard InChI is InChI=1S/C20H17FN4/c1-13(2)11-25-12-24-18(14-3-5-15(21)6-4-14)19(25)16-7-9-22-20-17(16)8-10-23-20/h3-10,12H,1,11H2,2H3,(H,22,23). The lowest BCUT2D eigenvalue weighted by molar-refractivity contribution is 0.628. The van der Waals surface area contributed by atoms with Gasteiger partial charge in [-0.2, -0.15) is 0 Å². The van der Waals surface area contributed by atoms with Crippen LogP contribution in [-0.2, 0) is 6.54 Å². The number of pyridine rings is 1. The summed E-state index contributed by atoms with van der Waals surface area (Å²) in [7, 11) is 0. The van der Waals surface area contributed by atoms with Crippen molar-refractivity contribution in [1.82, 2.24) is 19.5 Å². The summed E-state index contributed by atoms with van der Waals surface area (Å²) in [6, 6.07) is 10.4. The first-order valence-corrected chi connectivity index (χ1v) is 8.01. The van der Waals surface area contributed by atoms with Gasteiger partial charge in [0, 0.05) is 35.5 Å². The molecule has 3 aromatic heterocycles. The minimum Gasteiger partial charge on any atom is -0.346 e. The van der Waals surface area contributed by atoms with E-state index in [1.807, 2.05) is 31.6 Å². The Kier molecular flexibility index (Phi) is 3.69. The summed E-state index contributed by atoms with van der Waals surface area (Å²) in [6.45, 7) is 6.66. The highest BCUT2D eigenvalue weighted by molar-refractivity contribution is 5.95. The lowest BCUT2D eigenvalue weighted by atomic mass is 10.0. The van der Waals surface area contributed by atoms with Crippen LogP contribution in [0.5, 0.6) is 0 Å². The molecule has 4 nitrogen and oxygen atoms in total. The predicted octanol–water partition coefficient (Wildman–Crippen LogP) is 4.81. The van der Waals surface area contributed by atoms with Gasteiger partial charge in [0.15, 0.2) is 0 Å². The van der Waals surface area contributed by atoms with E-state index >= 15 is 0 Å². The molecular formula is C20H17FN4. The van der Waals surface area contributed by atoms with Crippen LogP contribution in [0.15, 0.2) is 67.3 Å². The molecule has 1 N–H and O–H groups in total. The fourth-order valence-electron chi connectivity index (χ4n) is 3.06. The van der Waals surface area contributed by atoms with Gasteiger partial charge in [0.1, 0.15) is 11.5 Å². The lowest BCUT2D eigenvalue weighted by Crippen LogP contribution is -2.00. The molecule has 3 heterocycles. The summed E-state index contributed by atoms with van der Waals surface area (Å²) in [4.78, 5) is 12.1. The zero-order valence-electron chi connectivity index (χ0n) is 13.8. The number of hydrogen-bond acceptors (Lipinski definition) is 2. The molecule has 0 unspecified atom stereocenters. The number of H-pyrrole nitrogens is 1. The molecule has 0 aliphatic rings. The smallest absolute Gasteiger partial charge is 0.137 e. The normalized spacial score (nSPS) is 11.1. The summed E-state index contributed by atoms with van der Waals surface area (Å²) < 4.78 is 15.4. The van der Waals surface area contributed by atoms with Crippen molar-refractivity contribution in [3.05, 3.63) is 73.1 Å². The van der Waals surface area contributed by atoms with Gasteiger partial charge in [-0.15, -0.1) is 0 Å². The van der Waals surface area contributed by atoms with E-state index in [1.54, 1.807) is 18.3 Å². The largest absolute Gasteiger partial charge is 0.346 e. The maximum atomic E-state index is 13.3. The van der Waals surface area contributed by atoms with Crippen LogP contribution in [0, 0.1) is 5.82 Å². The van der Waals surface area contributed by atoms with E-state index in [1.165, 1.54) is 12.1 Å². The van der Waals surface area contributed by atoms with Gasteiger partial charge < -0.3 is 9.55 Å². The van der Waals surface area contributed by atoms with Crippen molar-refractivity contribution in [3.8, 4) is 22.5 Å². The Morgan fingerprint density at radius 3 is 2.72 bits per heavy atom. The Labute approximate surface area is 144 Å². The minimum absolute atomic E-state index is 0.261. The van der Waals surface area contributed by atoms with Gasteiger partial charge in [-0.25, -0.2) is 14.4 Å². The second kappa shape index (κ2) is 6.02. The first-order chi connectivity index (χ1) is 12.1. The van der Waals surface area contributed by atoms with Gasteiger partial charge in [0.05, 0.1) is 17.7 Å². The number of hydrogen-bond donors (Lipinski definition) is 1. The maximum absolute atomic E-state index is 13.3. The molecule has 1 aromatic carbocycles. The zero-order chi connectivity index (χ0) is 17.4. The Bertz CT molecular complexity index is 1060. The van der Waals surface area contributed by atoms with Crippen molar-refractivity contribution >= 4 is 11.0 Å². The minimum atomic E-state index is -0.261. The van der Waals surface area contributed by atoms with Crippen LogP contribution in [0.2, 0.25) is 0 Å². The molecule has 4 aromatic rings. The van der Waals surface area contributed by atoms with Crippen molar-refractivity contribution in [1.29, 1.82) is 0 Å². The van der Waals surface area contributed by atoms with Crippen LogP contribution in [-0.4, -0.2) is 19.5 Å². The number of allylic oxidation sites excluding steroid dienone is 1. The number of nitrogens with zero attached hydrogens (tertiary/aromatic N) is 3. The van der Waals surface area contributed by atoms with Gasteiger partial charge in [-0.3, -0.25) is 0 Å². The van der Waals surface area contributed by atoms with Crippen molar-refractivity contribution in [3.63, 3.8) is 0 Å². The monoisotopic (exact) mass is 332 g/mol. The van der Waals surface area contributed by atoms with Gasteiger partial charge in [-0.1, -0.05) is 12.2 Å². The van der Waals surface area contributed by atoms with Crippen molar-refractivity contribution < 1.29 is 4.39 Å². The Balaban J connectivity index is 1.98. The van der Waals surface area contributed by atoms with Crippen molar-refractivity contribution in [2.45, 2.75) is 13.5 Å². The van der Waals surface area contributed by atoms with E-state index in [4.69, 9.17) is 0 Å². The number of halogens is 1. The summed E-state index contributed by atoms with van der Waals surface area (Å²) >= 11 is 0. The molecule has 5 heteroatoms. The highest BCUT2D eigenvalue weighted by Crippen LogP contribution is 2.35. The van der Waals surface area contributed by atoms with Crippen molar-refractivity contribution in [2.75, 3.05) is 0 Å². The predicted molar refractivity (Wildman–Crippen MR) is 97.5 cm³/mol. The topological polar surface area (TPSA) is 46.5 Å². The average molecular weight is 332 g/mol. The molecule has 0 bridgehead atoms. The molecule has 0 aliphatic carbocycles. The Morgan fingerprint density at radius 2 is 1.96 bits per heavy atom. The second-order valence-electron chi connectivity index (χ2n) is 6.13. The molecule has 0 spiro atoms. The van der Waals surface area contributed by atoms with E-state index < -0.39 is 0 Å². The Hall–Kier alpha value is -3.21. The number of aromatic nitrogens is 4. The van der Waals surface area contributed by atoms with Crippen molar-refractivity contribution in [2.24, 2.45) is 0 Å². The third-order valence-corrected chi connectivity index (χ3v) is 4.11. The van der Waals surface area contributed by atoms with E-state index in [9.17, 15) is 4.39 Å². The van der Waals surface area contributed by atoms with E-state index in [0.717, 1.165) is 39.1 Å². The number of nitrogens with one attached hydrogen (secondary N) is 1. The summed E-state index contributed by atoms with van der Waals surface area (Å²) in [5.41, 5.74) is 5.55. The third kappa shape index (κ3) is 2.74. The molecule has 0 saturated heterocycles. The van der Waals surface area contributed by atoms with Crippen LogP contribution >= 0.6 is 0 Å². The molecule has 0 atom stereocenters. The third-order valence-electron chi connectivity index (χ3n) is 4.11. The first kappa shape index (κ1) is 15.3. The summed E-state index contributed by atoms with van der Waals surface area (Å²) in [5, 5.41) is 1.02. The number of fused-ring (bicyclic) bond motifs is 1. The van der Waals surface area contributed by atoms with Crippen LogP contribution in [0.25, 0.3) is 33.5 Å². The average Bonchev–Trinajstić information content (AvgIpc) is 3.22. The van der Waals surface area contributed by atoms with Gasteiger partial charge in [-0.05, 0) is 43.3 Å². The van der Waals surface area contributed by atoms with Crippen LogP contribution in [0.4, 0.5) is 4.39 Å². The van der Waals surface area contributed by atoms with E-state index in [0.29, 0.717) is 6.54 Å². The van der Waals surface area contributed by atoms with E-state index in [-0.39, 0.29) is 5.82 Å². The molecule has 0 fully saturated rings. The number of imidazole rings is 1. The quantitative estimate of drug-likeness (QED) is 0.545. The number of benzene rings is 1. The molecule has 4 rings (SSSR count). The molecule has 0 radical (unpaired) electrons. The van der Waals surface area contributed by atoms with Gasteiger partial charge in [0.2, 0.25) is 0 Å². The van der Waals surface area contributed by atoms with Gasteiger partial charge in [0.25, 0.3) is 0 Å². The van der Waals surface area contributed by atoms with Gasteiger partial charge >= 0.3 is 0 Å². The number of aromatic amines is 1. The summed E-state index contributed by atoms with van der Waals surface area (Å²) in [6.07, 6.45) is 5.46.